The molecule has 2 nitrogen and oxygen atoms in total. The van der Waals surface area contributed by atoms with Crippen LogP contribution in [-0.4, -0.2) is 4.98 Å². The fourth-order valence-corrected chi connectivity index (χ4v) is 2.07. The number of halogens is 1. The Morgan fingerprint density at radius 1 is 1.29 bits per heavy atom. The number of nitrogens with one attached hydrogen (secondary N) is 1. The van der Waals surface area contributed by atoms with Crippen LogP contribution >= 0.6 is 15.9 Å². The third kappa shape index (κ3) is 1.28. The van der Waals surface area contributed by atoms with Gasteiger partial charge in [-0.1, -0.05) is 18.2 Å². The molecule has 3 heteroatoms. The van der Waals surface area contributed by atoms with Crippen molar-refractivity contribution >= 4 is 26.7 Å². The van der Waals surface area contributed by atoms with Crippen LogP contribution in [0.2, 0.25) is 0 Å². The minimum absolute atomic E-state index is 0.0150. The van der Waals surface area contributed by atoms with E-state index >= 15 is 0 Å². The summed E-state index contributed by atoms with van der Waals surface area (Å²) in [5, 5.41) is 1.75. The second-order valence-corrected chi connectivity index (χ2v) is 4.18. The molecule has 0 fully saturated rings. The molecule has 14 heavy (non-hydrogen) atoms. The molecule has 0 atom stereocenters. The molecule has 2 aromatic rings. The largest absolute Gasteiger partial charge is 0.325 e. The summed E-state index contributed by atoms with van der Waals surface area (Å²) in [5.41, 5.74) is 1.86. The number of aromatic nitrogens is 1. The number of fused-ring (bicyclic) bond motifs is 1. The summed E-state index contributed by atoms with van der Waals surface area (Å²) in [6.45, 7) is 3.83. The zero-order valence-corrected chi connectivity index (χ0v) is 9.60. The maximum absolute atomic E-state index is 11.7. The Labute approximate surface area is 90.1 Å². The first kappa shape index (κ1) is 9.46. The minimum atomic E-state index is -0.0150. The van der Waals surface area contributed by atoms with Crippen molar-refractivity contribution in [3.63, 3.8) is 0 Å². The molecular formula is C11H10BrNO. The summed E-state index contributed by atoms with van der Waals surface area (Å²) in [7, 11) is 0. The summed E-state index contributed by atoms with van der Waals surface area (Å²) >= 11 is 3.48. The van der Waals surface area contributed by atoms with Gasteiger partial charge in [-0.2, -0.15) is 0 Å². The van der Waals surface area contributed by atoms with Crippen LogP contribution in [0.15, 0.2) is 27.5 Å². The second kappa shape index (κ2) is 3.24. The molecule has 2 rings (SSSR count). The van der Waals surface area contributed by atoms with Crippen LogP contribution in [0.4, 0.5) is 0 Å². The van der Waals surface area contributed by atoms with E-state index in [0.717, 1.165) is 26.5 Å². The quantitative estimate of drug-likeness (QED) is 0.768. The lowest BCUT2D eigenvalue weighted by Gasteiger charge is -2.05. The van der Waals surface area contributed by atoms with Gasteiger partial charge in [0.15, 0.2) is 0 Å². The summed E-state index contributed by atoms with van der Waals surface area (Å²) in [5.74, 6) is 0. The third-order valence-electron chi connectivity index (χ3n) is 2.37. The molecule has 0 saturated heterocycles. The predicted molar refractivity (Wildman–Crippen MR) is 61.7 cm³/mol. The maximum Gasteiger partial charge on any atom is 0.256 e. The van der Waals surface area contributed by atoms with Crippen LogP contribution < -0.4 is 5.56 Å². The number of aromatic amines is 1. The minimum Gasteiger partial charge on any atom is -0.325 e. The molecule has 0 aliphatic carbocycles. The van der Waals surface area contributed by atoms with Gasteiger partial charge < -0.3 is 4.98 Å². The first-order chi connectivity index (χ1) is 6.61. The standard InChI is InChI=1S/C11H10BrNO/c1-6-4-3-5-8-9(6)11(14)13-7(2)10(8)12/h3-5H,1-2H3,(H,13,14). The maximum atomic E-state index is 11.7. The van der Waals surface area contributed by atoms with Gasteiger partial charge >= 0.3 is 0 Å². The van der Waals surface area contributed by atoms with E-state index in [1.54, 1.807) is 0 Å². The van der Waals surface area contributed by atoms with Crippen LogP contribution in [0.1, 0.15) is 11.3 Å². The molecule has 72 valence electrons. The molecule has 0 bridgehead atoms. The molecule has 1 N–H and O–H groups in total. The van der Waals surface area contributed by atoms with Gasteiger partial charge in [-0.15, -0.1) is 0 Å². The Balaban J connectivity index is 3.10. The topological polar surface area (TPSA) is 32.9 Å². The number of H-pyrrole nitrogens is 1. The molecule has 1 aromatic heterocycles. The van der Waals surface area contributed by atoms with Crippen LogP contribution in [0, 0.1) is 13.8 Å². The first-order valence-electron chi connectivity index (χ1n) is 4.39. The highest BCUT2D eigenvalue weighted by atomic mass is 79.9. The molecule has 0 aliphatic rings. The lowest BCUT2D eigenvalue weighted by molar-refractivity contribution is 1.15. The van der Waals surface area contributed by atoms with Crippen LogP contribution in [-0.2, 0) is 0 Å². The van der Waals surface area contributed by atoms with Crippen molar-refractivity contribution in [3.8, 4) is 0 Å². The van der Waals surface area contributed by atoms with E-state index in [1.165, 1.54) is 0 Å². The summed E-state index contributed by atoms with van der Waals surface area (Å²) < 4.78 is 0.968. The Kier molecular flexibility index (Phi) is 2.19. The van der Waals surface area contributed by atoms with Gasteiger partial charge in [0.1, 0.15) is 0 Å². The number of hydrogen-bond acceptors (Lipinski definition) is 1. The molecule has 0 amide bonds. The summed E-state index contributed by atoms with van der Waals surface area (Å²) in [6, 6.07) is 5.86. The first-order valence-corrected chi connectivity index (χ1v) is 5.18. The second-order valence-electron chi connectivity index (χ2n) is 3.39. The lowest BCUT2D eigenvalue weighted by Crippen LogP contribution is -2.09. The van der Waals surface area contributed by atoms with Crippen LogP contribution in [0.3, 0.4) is 0 Å². The van der Waals surface area contributed by atoms with Gasteiger partial charge in [0.2, 0.25) is 0 Å². The highest BCUT2D eigenvalue weighted by Crippen LogP contribution is 2.24. The molecule has 1 aromatic carbocycles. The number of hydrogen-bond donors (Lipinski definition) is 1. The van der Waals surface area contributed by atoms with Gasteiger partial charge in [-0.05, 0) is 35.3 Å². The lowest BCUT2D eigenvalue weighted by atomic mass is 10.1. The van der Waals surface area contributed by atoms with E-state index in [0.29, 0.717) is 0 Å². The zero-order valence-electron chi connectivity index (χ0n) is 8.02. The summed E-state index contributed by atoms with van der Waals surface area (Å²) in [6.07, 6.45) is 0. The smallest absolute Gasteiger partial charge is 0.256 e. The van der Waals surface area contributed by atoms with E-state index in [1.807, 2.05) is 32.0 Å². The Bertz CT molecular complexity index is 557. The summed E-state index contributed by atoms with van der Waals surface area (Å²) in [4.78, 5) is 14.5. The van der Waals surface area contributed by atoms with E-state index in [-0.39, 0.29) is 5.56 Å². The molecule has 1 heterocycles. The van der Waals surface area contributed by atoms with E-state index in [2.05, 4.69) is 20.9 Å². The SMILES string of the molecule is Cc1[nH]c(=O)c2c(C)cccc2c1Br. The van der Waals surface area contributed by atoms with Crippen molar-refractivity contribution in [3.05, 3.63) is 44.3 Å². The average Bonchev–Trinajstić information content (AvgIpc) is 2.14. The van der Waals surface area contributed by atoms with Gasteiger partial charge in [-0.25, -0.2) is 0 Å². The highest BCUT2D eigenvalue weighted by Gasteiger charge is 2.07. The molecule has 0 unspecified atom stereocenters. The van der Waals surface area contributed by atoms with Gasteiger partial charge in [0.05, 0.1) is 5.39 Å². The van der Waals surface area contributed by atoms with Gasteiger partial charge in [-0.3, -0.25) is 4.79 Å². The van der Waals surface area contributed by atoms with Crippen molar-refractivity contribution in [2.24, 2.45) is 0 Å². The molecule has 0 radical (unpaired) electrons. The van der Waals surface area contributed by atoms with Crippen molar-refractivity contribution < 1.29 is 0 Å². The fraction of sp³-hybridized carbons (Fsp3) is 0.182. The molecule has 0 aliphatic heterocycles. The van der Waals surface area contributed by atoms with Crippen LogP contribution in [0.5, 0.6) is 0 Å². The third-order valence-corrected chi connectivity index (χ3v) is 3.39. The number of rotatable bonds is 0. The van der Waals surface area contributed by atoms with Crippen molar-refractivity contribution in [1.82, 2.24) is 4.98 Å². The molecule has 0 saturated carbocycles. The van der Waals surface area contributed by atoms with E-state index in [9.17, 15) is 4.79 Å². The van der Waals surface area contributed by atoms with Crippen molar-refractivity contribution in [2.75, 3.05) is 0 Å². The van der Waals surface area contributed by atoms with Gasteiger partial charge in [0, 0.05) is 15.6 Å². The molecular weight excluding hydrogens is 242 g/mol. The average molecular weight is 252 g/mol. The molecule has 0 spiro atoms. The van der Waals surface area contributed by atoms with Crippen molar-refractivity contribution in [2.45, 2.75) is 13.8 Å². The van der Waals surface area contributed by atoms with Crippen molar-refractivity contribution in [1.29, 1.82) is 0 Å². The Morgan fingerprint density at radius 3 is 2.71 bits per heavy atom. The van der Waals surface area contributed by atoms with Gasteiger partial charge in [0.25, 0.3) is 5.56 Å². The number of pyridine rings is 1. The highest BCUT2D eigenvalue weighted by molar-refractivity contribution is 9.10. The van der Waals surface area contributed by atoms with E-state index in [4.69, 9.17) is 0 Å². The monoisotopic (exact) mass is 251 g/mol. The predicted octanol–water partition coefficient (Wildman–Crippen LogP) is 2.91. The van der Waals surface area contributed by atoms with E-state index < -0.39 is 0 Å². The normalized spacial score (nSPS) is 10.8. The Hall–Kier alpha value is -1.09. The number of aryl methyl sites for hydroxylation is 2. The Morgan fingerprint density at radius 2 is 2.00 bits per heavy atom. The fourth-order valence-electron chi connectivity index (χ4n) is 1.64. The number of benzene rings is 1. The zero-order chi connectivity index (χ0) is 10.3. The van der Waals surface area contributed by atoms with Crippen LogP contribution in [0.25, 0.3) is 10.8 Å².